The van der Waals surface area contributed by atoms with E-state index in [-0.39, 0.29) is 44.9 Å². The number of aliphatic hydroxyl groups is 1. The van der Waals surface area contributed by atoms with E-state index < -0.39 is 115 Å². The number of likely N-dealkylation sites (tertiary alicyclic amines) is 2. The molecule has 3 fully saturated rings. The molecule has 0 bridgehead atoms. The molecule has 7 amide bonds. The molecule has 23 heteroatoms. The molecule has 3 aliphatic heterocycles. The topological polar surface area (TPSA) is 357 Å². The molecule has 0 aromatic rings. The Bertz CT molecular complexity index is 1550. The Hall–Kier alpha value is -5.58. The zero-order valence-electron chi connectivity index (χ0n) is 32.0. The van der Waals surface area contributed by atoms with Crippen molar-refractivity contribution in [3.05, 3.63) is 0 Å². The monoisotopic (exact) mass is 809 g/mol. The molecule has 0 aliphatic carbocycles. The first-order valence-electron chi connectivity index (χ1n) is 18.9. The fourth-order valence-electron chi connectivity index (χ4n) is 6.95. The zero-order valence-corrected chi connectivity index (χ0v) is 32.0. The van der Waals surface area contributed by atoms with Gasteiger partial charge in [0.1, 0.15) is 42.8 Å². The van der Waals surface area contributed by atoms with E-state index in [2.05, 4.69) is 36.9 Å². The molecule has 0 saturated carbocycles. The maximum Gasteiger partial charge on any atom is 0.322 e. The van der Waals surface area contributed by atoms with E-state index in [0.717, 1.165) is 0 Å². The van der Waals surface area contributed by atoms with Crippen LogP contribution in [0.5, 0.6) is 0 Å². The minimum absolute atomic E-state index is 0.0559. The molecular weight excluding hydrogens is 754 g/mol. The van der Waals surface area contributed by atoms with E-state index in [9.17, 15) is 53.4 Å². The first-order chi connectivity index (χ1) is 26.9. The van der Waals surface area contributed by atoms with Crippen LogP contribution in [0.25, 0.3) is 0 Å². The number of guanidine groups is 1. The van der Waals surface area contributed by atoms with Crippen molar-refractivity contribution in [2.45, 2.75) is 120 Å². The van der Waals surface area contributed by atoms with Gasteiger partial charge in [-0.1, -0.05) is 0 Å². The molecule has 3 aliphatic rings. The van der Waals surface area contributed by atoms with Gasteiger partial charge < -0.3 is 68.5 Å². The van der Waals surface area contributed by atoms with E-state index in [0.29, 0.717) is 38.6 Å². The number of carbonyl (C=O) groups excluding carboxylic acids is 7. The summed E-state index contributed by atoms with van der Waals surface area (Å²) in [6, 6.07) is -8.41. The largest absolute Gasteiger partial charge is 0.481 e. The lowest BCUT2D eigenvalue weighted by Crippen LogP contribution is -2.61. The third-order valence-corrected chi connectivity index (χ3v) is 9.83. The summed E-state index contributed by atoms with van der Waals surface area (Å²) in [6.45, 7) is 2.90. The highest BCUT2D eigenvalue weighted by molar-refractivity contribution is 5.98. The van der Waals surface area contributed by atoms with Gasteiger partial charge in [0, 0.05) is 19.6 Å². The van der Waals surface area contributed by atoms with Crippen LogP contribution in [0.3, 0.4) is 0 Å². The van der Waals surface area contributed by atoms with E-state index >= 15 is 0 Å². The number of nitrogens with zero attached hydrogens (tertiary/aromatic N) is 3. The first-order valence-corrected chi connectivity index (χ1v) is 18.9. The fourth-order valence-corrected chi connectivity index (χ4v) is 6.95. The predicted molar refractivity (Wildman–Crippen MR) is 198 cm³/mol. The third kappa shape index (κ3) is 13.5. The molecule has 23 nitrogen and oxygen atoms in total. The van der Waals surface area contributed by atoms with Crippen LogP contribution >= 0.6 is 0 Å². The summed E-state index contributed by atoms with van der Waals surface area (Å²) in [5.74, 6) is -8.17. The van der Waals surface area contributed by atoms with Gasteiger partial charge in [-0.3, -0.25) is 48.1 Å². The summed E-state index contributed by atoms with van der Waals surface area (Å²) in [5.41, 5.74) is 10.8. The van der Waals surface area contributed by atoms with Crippen molar-refractivity contribution in [1.29, 1.82) is 0 Å². The standard InChI is InChI=1S/C34H55N11O12/c1-17(32(56)44-13-5-9-22(44)29(53)39-16-25(49)50)40-30(54)23-10-6-14-45(23)33(57)20(8-4-12-38-34(35)36)41-31(55)26(18(2)46)43-28(52)21(15-24(47)48)42-27(51)19-7-3-11-37-19/h17-23,26,37,46H,3-16H2,1-2H3,(H,39,53)(H,40,54)(H,41,55)(H,42,51)(H,43,52)(H,47,48)(H,49,50)(H4,35,36,38)/t17-,18+,19-,20-,21-,22-,23-,26-/m0/s1. The van der Waals surface area contributed by atoms with Gasteiger partial charge in [-0.25, -0.2) is 0 Å². The van der Waals surface area contributed by atoms with E-state index in [1.165, 1.54) is 23.6 Å². The van der Waals surface area contributed by atoms with Crippen LogP contribution in [0.4, 0.5) is 0 Å². The maximum atomic E-state index is 14.1. The molecule has 57 heavy (non-hydrogen) atoms. The van der Waals surface area contributed by atoms with Crippen molar-refractivity contribution < 1.29 is 58.5 Å². The number of hydrogen-bond acceptors (Lipinski definition) is 12. The van der Waals surface area contributed by atoms with Gasteiger partial charge in [0.25, 0.3) is 0 Å². The molecule has 13 N–H and O–H groups in total. The lowest BCUT2D eigenvalue weighted by molar-refractivity contribution is -0.145. The van der Waals surface area contributed by atoms with Crippen molar-refractivity contribution in [2.75, 3.05) is 32.7 Å². The van der Waals surface area contributed by atoms with Crippen molar-refractivity contribution in [2.24, 2.45) is 16.5 Å². The molecule has 0 spiro atoms. The Morgan fingerprint density at radius 1 is 0.754 bits per heavy atom. The maximum absolute atomic E-state index is 14.1. The molecule has 3 rings (SSSR count). The molecule has 0 radical (unpaired) electrons. The fraction of sp³-hybridized carbons (Fsp3) is 0.706. The van der Waals surface area contributed by atoms with Gasteiger partial charge in [-0.05, 0) is 71.8 Å². The lowest BCUT2D eigenvalue weighted by Gasteiger charge is -2.31. The van der Waals surface area contributed by atoms with E-state index in [1.807, 2.05) is 0 Å². The van der Waals surface area contributed by atoms with Crippen molar-refractivity contribution in [3.8, 4) is 0 Å². The summed E-state index contributed by atoms with van der Waals surface area (Å²) < 4.78 is 0. The van der Waals surface area contributed by atoms with Crippen LogP contribution in [-0.4, -0.2) is 165 Å². The summed E-state index contributed by atoms with van der Waals surface area (Å²) in [6.07, 6.45) is 0.257. The Balaban J connectivity index is 1.74. The second-order valence-electron chi connectivity index (χ2n) is 14.3. The average molecular weight is 810 g/mol. The molecule has 8 atom stereocenters. The van der Waals surface area contributed by atoms with E-state index in [4.69, 9.17) is 16.6 Å². The number of nitrogens with two attached hydrogens (primary N) is 2. The number of aliphatic carboxylic acids is 2. The molecule has 0 aromatic heterocycles. The predicted octanol–water partition coefficient (Wildman–Crippen LogP) is -5.21. The number of aliphatic hydroxyl groups excluding tert-OH is 1. The van der Waals surface area contributed by atoms with E-state index in [1.54, 1.807) is 0 Å². The quantitative estimate of drug-likeness (QED) is 0.0311. The zero-order chi connectivity index (χ0) is 42.4. The van der Waals surface area contributed by atoms with Crippen molar-refractivity contribution >= 4 is 59.2 Å². The highest BCUT2D eigenvalue weighted by Gasteiger charge is 2.41. The number of aliphatic imine (C=N–C) groups is 1. The Labute approximate surface area is 328 Å². The summed E-state index contributed by atoms with van der Waals surface area (Å²) in [7, 11) is 0. The summed E-state index contributed by atoms with van der Waals surface area (Å²) in [5, 5.41) is 43.9. The number of hydrogen-bond donors (Lipinski definition) is 11. The van der Waals surface area contributed by atoms with Gasteiger partial charge in [0.15, 0.2) is 5.96 Å². The first kappa shape index (κ1) is 45.8. The average Bonchev–Trinajstić information content (AvgIpc) is 3.95. The molecule has 318 valence electrons. The van der Waals surface area contributed by atoms with Gasteiger partial charge in [-0.15, -0.1) is 0 Å². The Kier molecular flexibility index (Phi) is 17.4. The van der Waals surface area contributed by atoms with Crippen molar-refractivity contribution in [3.63, 3.8) is 0 Å². The minimum Gasteiger partial charge on any atom is -0.481 e. The molecular formula is C34H55N11O12. The van der Waals surface area contributed by atoms with Crippen LogP contribution in [-0.2, 0) is 43.2 Å². The van der Waals surface area contributed by atoms with Gasteiger partial charge in [-0.2, -0.15) is 0 Å². The molecule has 3 saturated heterocycles. The van der Waals surface area contributed by atoms with Crippen LogP contribution in [0, 0.1) is 0 Å². The number of carboxylic acid groups (broad SMARTS) is 2. The third-order valence-electron chi connectivity index (χ3n) is 9.83. The van der Waals surface area contributed by atoms with Crippen molar-refractivity contribution in [1.82, 2.24) is 41.7 Å². The second-order valence-corrected chi connectivity index (χ2v) is 14.3. The lowest BCUT2D eigenvalue weighted by atomic mass is 10.1. The molecule has 0 unspecified atom stereocenters. The van der Waals surface area contributed by atoms with Crippen LogP contribution in [0.15, 0.2) is 4.99 Å². The molecule has 0 aromatic carbocycles. The van der Waals surface area contributed by atoms with Crippen LogP contribution in [0.1, 0.15) is 71.6 Å². The SMILES string of the molecule is C[C@H](NC(=O)[C@@H]1CCCN1C(=O)[C@H](CCCN=C(N)N)NC(=O)[C@@H](NC(=O)[C@H](CC(=O)O)NC(=O)[C@@H]1CCCN1)[C@@H](C)O)C(=O)N1CCC[C@H]1C(=O)NCC(=O)O. The smallest absolute Gasteiger partial charge is 0.322 e. The van der Waals surface area contributed by atoms with Gasteiger partial charge >= 0.3 is 11.9 Å². The number of carboxylic acids is 2. The highest BCUT2D eigenvalue weighted by Crippen LogP contribution is 2.22. The number of carbonyl (C=O) groups is 9. The summed E-state index contributed by atoms with van der Waals surface area (Å²) >= 11 is 0. The number of amides is 7. The Morgan fingerprint density at radius 3 is 1.95 bits per heavy atom. The number of nitrogens with one attached hydrogen (secondary N) is 6. The second kappa shape index (κ2) is 21.6. The normalized spacial score (nSPS) is 21.6. The summed E-state index contributed by atoms with van der Waals surface area (Å²) in [4.78, 5) is 122. The van der Waals surface area contributed by atoms with Crippen LogP contribution in [0.2, 0.25) is 0 Å². The number of rotatable bonds is 20. The highest BCUT2D eigenvalue weighted by atomic mass is 16.4. The Morgan fingerprint density at radius 2 is 1.39 bits per heavy atom. The minimum atomic E-state index is -1.71. The van der Waals surface area contributed by atoms with Gasteiger partial charge in [0.05, 0.1) is 18.6 Å². The van der Waals surface area contributed by atoms with Crippen LogP contribution < -0.4 is 43.4 Å². The van der Waals surface area contributed by atoms with Gasteiger partial charge in [0.2, 0.25) is 41.4 Å². The molecule has 3 heterocycles.